The second-order valence-corrected chi connectivity index (χ2v) is 15.8. The number of hydrogen-bond acceptors (Lipinski definition) is 10. The van der Waals surface area contributed by atoms with Crippen LogP contribution in [0, 0.1) is 34.3 Å². The van der Waals surface area contributed by atoms with Gasteiger partial charge in [-0.3, -0.25) is 19.6 Å². The van der Waals surface area contributed by atoms with Gasteiger partial charge >= 0.3 is 0 Å². The van der Waals surface area contributed by atoms with E-state index in [1.165, 1.54) is 54.4 Å². The fourth-order valence-corrected chi connectivity index (χ4v) is 6.22. The van der Waals surface area contributed by atoms with Gasteiger partial charge in [0.05, 0.1) is 50.9 Å². The van der Waals surface area contributed by atoms with Gasteiger partial charge in [-0.15, -0.1) is 40.2 Å². The molecule has 2 heterocycles. The number of nitriles is 2. The molecule has 22 heteroatoms. The molecule has 67 heavy (non-hydrogen) atoms. The lowest BCUT2D eigenvalue weighted by molar-refractivity contribution is 0.0936. The molecule has 0 spiro atoms. The summed E-state index contributed by atoms with van der Waals surface area (Å²) < 4.78 is 25.9. The number of alkyl halides is 2. The summed E-state index contributed by atoms with van der Waals surface area (Å²) in [6, 6.07) is 33.1. The van der Waals surface area contributed by atoms with Crippen molar-refractivity contribution in [1.82, 2.24) is 20.6 Å². The third kappa shape index (κ3) is 20.6. The Morgan fingerprint density at radius 3 is 1.66 bits per heavy atom. The minimum absolute atomic E-state index is 0. The minimum atomic E-state index is -0.529. The molecule has 0 aliphatic rings. The standard InChI is InChI=1S/C22H17ClFN5OS.C15H13N3O2.C7H6ClFN2S.CH2Cl2.BrH/c23-18-10-17(7-8-19(18)24)29-22(26)31-13-16-2-1-9-27-20(16)21(30)28-12-15-5-3-14(11-25)4-6-15;16-8-11-3-5-12(6-4-11)9-18-15(20)14-13(10-19)2-1-7-17-14;8-5-3-4(11-7(10)12)1-2-6(5)9;2-1-3;/h1-10H,12-13H2,(H2,26,29)(H,28,30);1-7,19H,9-10H2,(H,18,20);1-3H,(H3,10,11,12);1H2;1H. The zero-order valence-electron chi connectivity index (χ0n) is 34.7. The van der Waals surface area contributed by atoms with Crippen molar-refractivity contribution in [2.75, 3.05) is 10.7 Å². The quantitative estimate of drug-likeness (QED) is 0.0308. The molecule has 13 nitrogen and oxygen atoms in total. The van der Waals surface area contributed by atoms with Gasteiger partial charge in [-0.1, -0.05) is 71.4 Å². The molecule has 0 saturated carbocycles. The average Bonchev–Trinajstić information content (AvgIpc) is 3.32. The van der Waals surface area contributed by atoms with Crippen LogP contribution in [-0.4, -0.2) is 42.5 Å². The molecular formula is C45H39BrCl4F2N10O3S2. The molecule has 348 valence electrons. The van der Waals surface area contributed by atoms with E-state index in [-0.39, 0.29) is 66.8 Å². The van der Waals surface area contributed by atoms with E-state index in [1.54, 1.807) is 79.0 Å². The van der Waals surface area contributed by atoms with Gasteiger partial charge in [0, 0.05) is 42.5 Å². The van der Waals surface area contributed by atoms with Gasteiger partial charge < -0.3 is 32.5 Å². The van der Waals surface area contributed by atoms with Crippen molar-refractivity contribution in [3.63, 3.8) is 0 Å². The van der Waals surface area contributed by atoms with Gasteiger partial charge in [0.15, 0.2) is 10.3 Å². The van der Waals surface area contributed by atoms with Gasteiger partial charge in [0.2, 0.25) is 0 Å². The SMILES string of the molecule is Br.ClCCl.N#Cc1ccc(CNC(=O)c2ncccc2CO)cc1.N#Cc1ccc(CNC(=O)c2ncccc2CSC(N)=Nc2ccc(F)c(Cl)c2)cc1.NC(=S)Nc1ccc(F)c(Cl)c1. The smallest absolute Gasteiger partial charge is 0.270 e. The lowest BCUT2D eigenvalue weighted by Gasteiger charge is -2.09. The number of thiocarbonyl (C=S) groups is 1. The molecule has 0 atom stereocenters. The number of rotatable bonds is 11. The summed E-state index contributed by atoms with van der Waals surface area (Å²) in [5, 5.41) is 35.5. The third-order valence-corrected chi connectivity index (χ3v) is 9.68. The topological polar surface area (TPSA) is 228 Å². The molecule has 0 unspecified atom stereocenters. The predicted molar refractivity (Wildman–Crippen MR) is 272 cm³/mol. The van der Waals surface area contributed by atoms with E-state index in [1.807, 2.05) is 6.07 Å². The molecule has 2 amide bonds. The molecule has 8 N–H and O–H groups in total. The van der Waals surface area contributed by atoms with Crippen LogP contribution in [0.15, 0.2) is 127 Å². The zero-order chi connectivity index (χ0) is 48.4. The molecule has 4 aromatic carbocycles. The number of anilines is 1. The average molecular weight is 1090 g/mol. The molecule has 2 aromatic heterocycles. The first kappa shape index (κ1) is 57.2. The number of thioether (sulfide) groups is 1. The molecule has 6 rings (SSSR count). The summed E-state index contributed by atoms with van der Waals surface area (Å²) in [7, 11) is 0. The van der Waals surface area contributed by atoms with E-state index in [0.717, 1.165) is 11.1 Å². The van der Waals surface area contributed by atoms with E-state index in [2.05, 4.69) is 49.2 Å². The van der Waals surface area contributed by atoms with E-state index in [9.17, 15) is 18.4 Å². The van der Waals surface area contributed by atoms with Crippen molar-refractivity contribution in [2.24, 2.45) is 16.5 Å². The first-order chi connectivity index (χ1) is 31.7. The zero-order valence-corrected chi connectivity index (χ0v) is 41.1. The summed E-state index contributed by atoms with van der Waals surface area (Å²) in [6.45, 7) is 0.419. The molecule has 0 aliphatic carbocycles. The minimum Gasteiger partial charge on any atom is -0.392 e. The molecule has 0 saturated heterocycles. The summed E-state index contributed by atoms with van der Waals surface area (Å²) in [5.41, 5.74) is 16.8. The fourth-order valence-electron chi connectivity index (χ4n) is 5.04. The van der Waals surface area contributed by atoms with Crippen LogP contribution in [0.5, 0.6) is 0 Å². The molecular weight excluding hydrogens is 1050 g/mol. The lowest BCUT2D eigenvalue weighted by atomic mass is 10.1. The maximum atomic E-state index is 13.3. The highest BCUT2D eigenvalue weighted by Crippen LogP contribution is 2.24. The molecule has 0 fully saturated rings. The maximum Gasteiger partial charge on any atom is 0.270 e. The number of carbonyl (C=O) groups is 2. The number of hydrogen-bond donors (Lipinski definition) is 6. The Hall–Kier alpha value is -5.93. The third-order valence-electron chi connectivity index (χ3n) is 8.16. The number of halogens is 7. The number of aliphatic hydroxyl groups is 1. The molecule has 0 radical (unpaired) electrons. The first-order valence-corrected chi connectivity index (χ1v) is 22.0. The van der Waals surface area contributed by atoms with E-state index < -0.39 is 11.6 Å². The number of nitrogens with zero attached hydrogens (tertiary/aromatic N) is 5. The normalized spacial score (nSPS) is 10.0. The van der Waals surface area contributed by atoms with Gasteiger partial charge in [-0.25, -0.2) is 13.8 Å². The Bertz CT molecular complexity index is 2700. The number of aromatic nitrogens is 2. The Morgan fingerprint density at radius 1 is 0.746 bits per heavy atom. The number of amidine groups is 1. The van der Waals surface area contributed by atoms with Crippen LogP contribution < -0.4 is 27.4 Å². The van der Waals surface area contributed by atoms with Crippen molar-refractivity contribution in [3.05, 3.63) is 188 Å². The van der Waals surface area contributed by atoms with Crippen LogP contribution in [0.1, 0.15) is 54.4 Å². The molecule has 6 aromatic rings. The van der Waals surface area contributed by atoms with Crippen molar-refractivity contribution in [3.8, 4) is 12.1 Å². The number of amides is 2. The van der Waals surface area contributed by atoms with E-state index in [0.29, 0.717) is 58.2 Å². The Morgan fingerprint density at radius 2 is 1.21 bits per heavy atom. The van der Waals surface area contributed by atoms with E-state index >= 15 is 0 Å². The van der Waals surface area contributed by atoms with Gasteiger partial charge in [-0.05, 0) is 102 Å². The highest BCUT2D eigenvalue weighted by atomic mass is 79.9. The van der Waals surface area contributed by atoms with Crippen molar-refractivity contribution >= 4 is 121 Å². The van der Waals surface area contributed by atoms with Crippen LogP contribution in [0.4, 0.5) is 20.2 Å². The number of carbonyl (C=O) groups excluding carboxylic acids is 2. The highest BCUT2D eigenvalue weighted by Gasteiger charge is 2.14. The second-order valence-electron chi connectivity index (χ2n) is 12.7. The summed E-state index contributed by atoms with van der Waals surface area (Å²) in [4.78, 5) is 37.0. The van der Waals surface area contributed by atoms with Crippen molar-refractivity contribution < 1.29 is 23.5 Å². The van der Waals surface area contributed by atoms with Crippen LogP contribution in [0.25, 0.3) is 0 Å². The maximum absolute atomic E-state index is 13.3. The Balaban J connectivity index is 0.000000366. The molecule has 0 bridgehead atoms. The predicted octanol–water partition coefficient (Wildman–Crippen LogP) is 10.1. The van der Waals surface area contributed by atoms with E-state index in [4.69, 9.17) is 73.5 Å². The first-order valence-electron chi connectivity index (χ1n) is 18.8. The monoisotopic (exact) mass is 1090 g/mol. The van der Waals surface area contributed by atoms with Crippen LogP contribution in [0.2, 0.25) is 10.0 Å². The lowest BCUT2D eigenvalue weighted by Crippen LogP contribution is -2.25. The summed E-state index contributed by atoms with van der Waals surface area (Å²) in [5.74, 6) is -1.28. The van der Waals surface area contributed by atoms with Gasteiger partial charge in [-0.2, -0.15) is 10.5 Å². The van der Waals surface area contributed by atoms with Gasteiger partial charge in [0.25, 0.3) is 11.8 Å². The van der Waals surface area contributed by atoms with Crippen molar-refractivity contribution in [2.45, 2.75) is 25.4 Å². The number of pyridine rings is 2. The number of aliphatic hydroxyl groups excluding tert-OH is 1. The van der Waals surface area contributed by atoms with Gasteiger partial charge in [0.1, 0.15) is 23.0 Å². The largest absolute Gasteiger partial charge is 0.392 e. The molecule has 0 aliphatic heterocycles. The summed E-state index contributed by atoms with van der Waals surface area (Å²) >= 11 is 26.6. The van der Waals surface area contributed by atoms with Crippen LogP contribution in [0.3, 0.4) is 0 Å². The van der Waals surface area contributed by atoms with Crippen molar-refractivity contribution in [1.29, 1.82) is 10.5 Å². The number of benzene rings is 4. The number of nitrogens with one attached hydrogen (secondary N) is 3. The van der Waals surface area contributed by atoms with Crippen LogP contribution in [-0.2, 0) is 25.4 Å². The summed E-state index contributed by atoms with van der Waals surface area (Å²) in [6.07, 6.45) is 3.05. The highest BCUT2D eigenvalue weighted by molar-refractivity contribution is 8.93. The Labute approximate surface area is 425 Å². The fraction of sp³-hybridized carbons (Fsp3) is 0.111. The Kier molecular flexibility index (Phi) is 26.6. The number of aliphatic imine (C=N–C) groups is 1. The number of nitrogens with two attached hydrogens (primary N) is 2. The van der Waals surface area contributed by atoms with Crippen LogP contribution >= 0.6 is 87.4 Å². The second kappa shape index (κ2) is 31.1.